The molecule has 1 saturated heterocycles. The van der Waals surface area contributed by atoms with Crippen LogP contribution >= 0.6 is 0 Å². The molecular formula is C15H21NO4. The molecule has 1 fully saturated rings. The van der Waals surface area contributed by atoms with E-state index in [4.69, 9.17) is 19.9 Å². The van der Waals surface area contributed by atoms with Gasteiger partial charge in [-0.25, -0.2) is 0 Å². The van der Waals surface area contributed by atoms with E-state index in [0.717, 1.165) is 25.9 Å². The van der Waals surface area contributed by atoms with Gasteiger partial charge in [0.15, 0.2) is 0 Å². The van der Waals surface area contributed by atoms with Crippen molar-refractivity contribution in [2.45, 2.75) is 31.8 Å². The van der Waals surface area contributed by atoms with Crippen LogP contribution in [0.5, 0.6) is 5.75 Å². The third kappa shape index (κ3) is 4.74. The number of rotatable bonds is 6. The Kier molecular flexibility index (Phi) is 5.68. The second kappa shape index (κ2) is 7.75. The quantitative estimate of drug-likeness (QED) is 0.638. The van der Waals surface area contributed by atoms with Crippen molar-refractivity contribution in [2.24, 2.45) is 0 Å². The highest BCUT2D eigenvalue weighted by Gasteiger charge is 2.15. The van der Waals surface area contributed by atoms with Crippen LogP contribution in [0.3, 0.4) is 0 Å². The molecule has 1 aliphatic heterocycles. The summed E-state index contributed by atoms with van der Waals surface area (Å²) >= 11 is 0. The molecular weight excluding hydrogens is 258 g/mol. The minimum atomic E-state index is -0.270. The molecule has 1 aromatic carbocycles. The minimum Gasteiger partial charge on any atom is -0.491 e. The Morgan fingerprint density at radius 3 is 2.95 bits per heavy atom. The van der Waals surface area contributed by atoms with Crippen LogP contribution in [-0.4, -0.2) is 31.9 Å². The molecule has 2 rings (SSSR count). The zero-order valence-electron chi connectivity index (χ0n) is 11.5. The molecule has 110 valence electrons. The molecule has 0 bridgehead atoms. The number of nitrogens with two attached hydrogens (primary N) is 1. The summed E-state index contributed by atoms with van der Waals surface area (Å²) < 4.78 is 16.1. The van der Waals surface area contributed by atoms with Crippen LogP contribution in [0.4, 0.5) is 5.69 Å². The molecule has 2 N–H and O–H groups in total. The maximum absolute atomic E-state index is 11.6. The molecule has 0 saturated carbocycles. The van der Waals surface area contributed by atoms with E-state index in [2.05, 4.69) is 0 Å². The van der Waals surface area contributed by atoms with Crippen LogP contribution in [0.25, 0.3) is 0 Å². The Labute approximate surface area is 119 Å². The summed E-state index contributed by atoms with van der Waals surface area (Å²) in [6.07, 6.45) is 3.46. The number of ether oxygens (including phenoxy) is 3. The predicted molar refractivity (Wildman–Crippen MR) is 75.5 cm³/mol. The molecule has 0 aromatic heterocycles. The normalized spacial score (nSPS) is 18.5. The fourth-order valence-corrected chi connectivity index (χ4v) is 2.05. The maximum atomic E-state index is 11.6. The van der Waals surface area contributed by atoms with Gasteiger partial charge in [-0.05, 0) is 31.4 Å². The third-order valence-electron chi connectivity index (χ3n) is 3.19. The van der Waals surface area contributed by atoms with E-state index < -0.39 is 0 Å². The molecule has 1 unspecified atom stereocenters. The summed E-state index contributed by atoms with van der Waals surface area (Å²) in [5.74, 6) is 0.324. The highest BCUT2D eigenvalue weighted by molar-refractivity contribution is 5.69. The maximum Gasteiger partial charge on any atom is 0.309 e. The summed E-state index contributed by atoms with van der Waals surface area (Å²) in [5.41, 5.74) is 6.30. The molecule has 5 heteroatoms. The largest absolute Gasteiger partial charge is 0.491 e. The topological polar surface area (TPSA) is 70.8 Å². The van der Waals surface area contributed by atoms with Gasteiger partial charge in [0.1, 0.15) is 12.4 Å². The van der Waals surface area contributed by atoms with Gasteiger partial charge in [-0.15, -0.1) is 0 Å². The van der Waals surface area contributed by atoms with Gasteiger partial charge in [0.25, 0.3) is 0 Å². The summed E-state index contributed by atoms with van der Waals surface area (Å²) in [4.78, 5) is 11.6. The first kappa shape index (κ1) is 14.7. The molecule has 0 amide bonds. The lowest BCUT2D eigenvalue weighted by Gasteiger charge is -2.22. The average Bonchev–Trinajstić information content (AvgIpc) is 2.48. The Balaban J connectivity index is 1.61. The van der Waals surface area contributed by atoms with Crippen molar-refractivity contribution in [1.82, 2.24) is 0 Å². The lowest BCUT2D eigenvalue weighted by Crippen LogP contribution is -2.26. The van der Waals surface area contributed by atoms with Crippen LogP contribution in [0, 0.1) is 0 Å². The summed E-state index contributed by atoms with van der Waals surface area (Å²) in [6, 6.07) is 7.20. The van der Waals surface area contributed by atoms with Gasteiger partial charge in [-0.3, -0.25) is 4.79 Å². The summed E-state index contributed by atoms with van der Waals surface area (Å²) in [7, 11) is 0. The van der Waals surface area contributed by atoms with E-state index in [1.165, 1.54) is 0 Å². The van der Waals surface area contributed by atoms with Gasteiger partial charge in [-0.2, -0.15) is 0 Å². The number of esters is 1. The first-order valence-corrected chi connectivity index (χ1v) is 7.00. The molecule has 1 aromatic rings. The molecule has 1 aliphatic rings. The first-order chi connectivity index (χ1) is 9.75. The number of benzene rings is 1. The molecule has 1 atom stereocenters. The number of para-hydroxylation sites is 2. The van der Waals surface area contributed by atoms with E-state index in [1.54, 1.807) is 12.1 Å². The molecule has 0 radical (unpaired) electrons. The highest BCUT2D eigenvalue weighted by atomic mass is 16.6. The van der Waals surface area contributed by atoms with E-state index >= 15 is 0 Å². The Bertz CT molecular complexity index is 430. The Morgan fingerprint density at radius 2 is 2.20 bits per heavy atom. The lowest BCUT2D eigenvalue weighted by atomic mass is 10.1. The highest BCUT2D eigenvalue weighted by Crippen LogP contribution is 2.19. The summed E-state index contributed by atoms with van der Waals surface area (Å²) in [5, 5.41) is 0. The Morgan fingerprint density at radius 1 is 1.35 bits per heavy atom. The van der Waals surface area contributed by atoms with Crippen molar-refractivity contribution in [1.29, 1.82) is 0 Å². The zero-order chi connectivity index (χ0) is 14.2. The van der Waals surface area contributed by atoms with Crippen LogP contribution in [0.15, 0.2) is 24.3 Å². The second-order valence-electron chi connectivity index (χ2n) is 4.81. The minimum absolute atomic E-state index is 0.0541. The predicted octanol–water partition coefficient (Wildman–Crippen LogP) is 2.15. The molecule has 5 nitrogen and oxygen atoms in total. The fraction of sp³-hybridized carbons (Fsp3) is 0.533. The smallest absolute Gasteiger partial charge is 0.309 e. The van der Waals surface area contributed by atoms with E-state index in [-0.39, 0.29) is 25.1 Å². The van der Waals surface area contributed by atoms with Crippen LogP contribution in [0.2, 0.25) is 0 Å². The first-order valence-electron chi connectivity index (χ1n) is 7.00. The number of hydrogen-bond acceptors (Lipinski definition) is 5. The van der Waals surface area contributed by atoms with Crippen molar-refractivity contribution in [3.05, 3.63) is 24.3 Å². The monoisotopic (exact) mass is 279 g/mol. The van der Waals surface area contributed by atoms with E-state index in [9.17, 15) is 4.79 Å². The van der Waals surface area contributed by atoms with E-state index in [0.29, 0.717) is 18.0 Å². The molecule has 20 heavy (non-hydrogen) atoms. The second-order valence-corrected chi connectivity index (χ2v) is 4.81. The number of carbonyl (C=O) groups excluding carboxylic acids is 1. The van der Waals surface area contributed by atoms with Gasteiger partial charge in [0, 0.05) is 6.61 Å². The van der Waals surface area contributed by atoms with Crippen LogP contribution in [-0.2, 0) is 14.3 Å². The number of nitrogen functional groups attached to an aromatic ring is 1. The van der Waals surface area contributed by atoms with Crippen LogP contribution in [0.1, 0.15) is 25.7 Å². The molecule has 0 aliphatic carbocycles. The van der Waals surface area contributed by atoms with Crippen molar-refractivity contribution < 1.29 is 19.0 Å². The van der Waals surface area contributed by atoms with Crippen molar-refractivity contribution in [3.8, 4) is 5.75 Å². The van der Waals surface area contributed by atoms with Gasteiger partial charge in [-0.1, -0.05) is 12.1 Å². The van der Waals surface area contributed by atoms with E-state index in [1.807, 2.05) is 12.1 Å². The lowest BCUT2D eigenvalue weighted by molar-refractivity contribution is -0.149. The SMILES string of the molecule is Nc1ccccc1OCCC(=O)OCC1CCCCO1. The number of anilines is 1. The summed E-state index contributed by atoms with van der Waals surface area (Å²) in [6.45, 7) is 1.36. The number of carbonyl (C=O) groups is 1. The standard InChI is InChI=1S/C15H21NO4/c16-13-6-1-2-7-14(13)19-10-8-15(17)20-11-12-5-3-4-9-18-12/h1-2,6-7,12H,3-5,8-11,16H2. The van der Waals surface area contributed by atoms with Crippen molar-refractivity contribution in [3.63, 3.8) is 0 Å². The fourth-order valence-electron chi connectivity index (χ4n) is 2.05. The van der Waals surface area contributed by atoms with Crippen LogP contribution < -0.4 is 10.5 Å². The van der Waals surface area contributed by atoms with Crippen molar-refractivity contribution >= 4 is 11.7 Å². The molecule has 0 spiro atoms. The van der Waals surface area contributed by atoms with Gasteiger partial charge >= 0.3 is 5.97 Å². The van der Waals surface area contributed by atoms with Crippen molar-refractivity contribution in [2.75, 3.05) is 25.6 Å². The van der Waals surface area contributed by atoms with Gasteiger partial charge < -0.3 is 19.9 Å². The molecule has 1 heterocycles. The van der Waals surface area contributed by atoms with Gasteiger partial charge in [0.05, 0.1) is 24.8 Å². The van der Waals surface area contributed by atoms with Gasteiger partial charge in [0.2, 0.25) is 0 Å². The zero-order valence-corrected chi connectivity index (χ0v) is 11.5. The number of hydrogen-bond donors (Lipinski definition) is 1. The third-order valence-corrected chi connectivity index (χ3v) is 3.19. The Hall–Kier alpha value is -1.75. The average molecular weight is 279 g/mol.